The van der Waals surface area contributed by atoms with Crippen LogP contribution in [0.4, 0.5) is 5.69 Å². The molecule has 2 N–H and O–H groups in total. The third-order valence-corrected chi connectivity index (χ3v) is 5.19. The Morgan fingerprint density at radius 3 is 2.72 bits per heavy atom. The minimum absolute atomic E-state index is 0.0859. The van der Waals surface area contributed by atoms with Gasteiger partial charge in [0, 0.05) is 30.9 Å². The maximum atomic E-state index is 12.5. The summed E-state index contributed by atoms with van der Waals surface area (Å²) in [5.74, 6) is 0.584. The zero-order valence-corrected chi connectivity index (χ0v) is 17.9. The Bertz CT molecular complexity index is 1040. The number of amides is 1. The molecular formula is C22H27N5OS. The lowest BCUT2D eigenvalue weighted by atomic mass is 10.1. The number of benzene rings is 2. The second-order valence-corrected chi connectivity index (χ2v) is 7.41. The molecular weight excluding hydrogens is 382 g/mol. The molecule has 2 aromatic carbocycles. The van der Waals surface area contributed by atoms with E-state index in [1.807, 2.05) is 43.3 Å². The maximum absolute atomic E-state index is 12.5. The van der Waals surface area contributed by atoms with Crippen molar-refractivity contribution >= 4 is 23.8 Å². The van der Waals surface area contributed by atoms with Crippen LogP contribution in [0.5, 0.6) is 0 Å². The van der Waals surface area contributed by atoms with Gasteiger partial charge in [-0.25, -0.2) is 0 Å². The quantitative estimate of drug-likeness (QED) is 0.555. The van der Waals surface area contributed by atoms with Crippen LogP contribution in [0, 0.1) is 18.6 Å². The van der Waals surface area contributed by atoms with Gasteiger partial charge in [0.1, 0.15) is 6.54 Å². The van der Waals surface area contributed by atoms with Gasteiger partial charge in [-0.15, -0.1) is 0 Å². The molecule has 1 heterocycles. The van der Waals surface area contributed by atoms with E-state index in [9.17, 15) is 4.79 Å². The average molecular weight is 410 g/mol. The number of nitrogens with zero attached hydrogens (tertiary/aromatic N) is 3. The van der Waals surface area contributed by atoms with Gasteiger partial charge in [0.2, 0.25) is 5.91 Å². The number of nitrogens with one attached hydrogen (secondary N) is 2. The number of para-hydroxylation sites is 1. The van der Waals surface area contributed by atoms with Crippen LogP contribution in [0.1, 0.15) is 18.1 Å². The molecule has 0 aliphatic carbocycles. The molecule has 0 aliphatic heterocycles. The molecule has 6 nitrogen and oxygen atoms in total. The van der Waals surface area contributed by atoms with E-state index in [0.717, 1.165) is 24.2 Å². The first-order chi connectivity index (χ1) is 14.0. The molecule has 0 saturated heterocycles. The minimum Gasteiger partial charge on any atom is -0.370 e. The molecule has 29 heavy (non-hydrogen) atoms. The van der Waals surface area contributed by atoms with E-state index in [4.69, 9.17) is 12.2 Å². The number of aromatic nitrogens is 3. The number of hydrogen-bond acceptors (Lipinski definition) is 4. The zero-order valence-electron chi connectivity index (χ0n) is 17.1. The topological polar surface area (TPSA) is 66.0 Å². The lowest BCUT2D eigenvalue weighted by molar-refractivity contribution is -0.121. The predicted molar refractivity (Wildman–Crippen MR) is 120 cm³/mol. The van der Waals surface area contributed by atoms with Crippen LogP contribution in [0.15, 0.2) is 48.5 Å². The number of aromatic amines is 1. The summed E-state index contributed by atoms with van der Waals surface area (Å²) in [7, 11) is 0. The molecule has 1 amide bonds. The standard InChI is InChI=1S/C22H27N5OS/c1-4-26(19-11-6-5-9-17(19)3)13-12-23-20(28)15-27-21(24-25-22(27)29)18-10-7-8-16(2)14-18/h5-11,14H,4,12-13,15H2,1-3H3,(H,23,28)(H,25,29). The van der Waals surface area contributed by atoms with Crippen molar-refractivity contribution in [1.82, 2.24) is 20.1 Å². The molecule has 0 fully saturated rings. The van der Waals surface area contributed by atoms with Gasteiger partial charge < -0.3 is 10.2 Å². The predicted octanol–water partition coefficient (Wildman–Crippen LogP) is 3.87. The Hall–Kier alpha value is -2.93. The highest BCUT2D eigenvalue weighted by Gasteiger charge is 2.13. The molecule has 152 valence electrons. The second-order valence-electron chi connectivity index (χ2n) is 7.02. The van der Waals surface area contributed by atoms with E-state index in [1.54, 1.807) is 4.57 Å². The van der Waals surface area contributed by atoms with Crippen molar-refractivity contribution in [3.05, 3.63) is 64.4 Å². The molecule has 0 unspecified atom stereocenters. The van der Waals surface area contributed by atoms with Crippen LogP contribution in [-0.4, -0.2) is 40.3 Å². The Kier molecular flexibility index (Phi) is 6.82. The van der Waals surface area contributed by atoms with Crippen LogP contribution < -0.4 is 10.2 Å². The van der Waals surface area contributed by atoms with Crippen LogP contribution in [-0.2, 0) is 11.3 Å². The monoisotopic (exact) mass is 409 g/mol. The highest BCUT2D eigenvalue weighted by Crippen LogP contribution is 2.19. The summed E-state index contributed by atoms with van der Waals surface area (Å²) in [6.07, 6.45) is 0. The summed E-state index contributed by atoms with van der Waals surface area (Å²) in [5, 5.41) is 10.1. The van der Waals surface area contributed by atoms with Crippen molar-refractivity contribution in [2.45, 2.75) is 27.3 Å². The van der Waals surface area contributed by atoms with E-state index in [2.05, 4.69) is 46.4 Å². The fourth-order valence-corrected chi connectivity index (χ4v) is 3.56. The summed E-state index contributed by atoms with van der Waals surface area (Å²) in [6.45, 7) is 8.56. The summed E-state index contributed by atoms with van der Waals surface area (Å²) in [5.41, 5.74) is 4.49. The van der Waals surface area contributed by atoms with Crippen LogP contribution in [0.3, 0.4) is 0 Å². The van der Waals surface area contributed by atoms with Crippen molar-refractivity contribution in [3.8, 4) is 11.4 Å². The van der Waals surface area contributed by atoms with Crippen LogP contribution in [0.25, 0.3) is 11.4 Å². The van der Waals surface area contributed by atoms with E-state index >= 15 is 0 Å². The first kappa shape index (κ1) is 20.8. The molecule has 0 aliphatic rings. The fourth-order valence-electron chi connectivity index (χ4n) is 3.37. The molecule has 3 rings (SSSR count). The van der Waals surface area contributed by atoms with Gasteiger partial charge in [-0.2, -0.15) is 5.10 Å². The van der Waals surface area contributed by atoms with Gasteiger partial charge in [0.05, 0.1) is 0 Å². The van der Waals surface area contributed by atoms with E-state index in [0.29, 0.717) is 17.1 Å². The highest BCUT2D eigenvalue weighted by atomic mass is 32.1. The Balaban J connectivity index is 1.62. The third-order valence-electron chi connectivity index (χ3n) is 4.88. The second kappa shape index (κ2) is 9.52. The van der Waals surface area contributed by atoms with Gasteiger partial charge in [-0.3, -0.25) is 14.5 Å². The smallest absolute Gasteiger partial charge is 0.240 e. The zero-order chi connectivity index (χ0) is 20.8. The lowest BCUT2D eigenvalue weighted by Crippen LogP contribution is -2.36. The normalized spacial score (nSPS) is 10.7. The first-order valence-corrected chi connectivity index (χ1v) is 10.2. The number of H-pyrrole nitrogens is 1. The van der Waals surface area contributed by atoms with Crippen molar-refractivity contribution in [2.24, 2.45) is 0 Å². The number of carbonyl (C=O) groups excluding carboxylic acids is 1. The number of likely N-dealkylation sites (N-methyl/N-ethyl adjacent to an activating group) is 1. The number of carbonyl (C=O) groups is 1. The minimum atomic E-state index is -0.0859. The van der Waals surface area contributed by atoms with Crippen molar-refractivity contribution in [1.29, 1.82) is 0 Å². The van der Waals surface area contributed by atoms with Crippen molar-refractivity contribution < 1.29 is 4.79 Å². The Morgan fingerprint density at radius 2 is 2.00 bits per heavy atom. The van der Waals surface area contributed by atoms with Gasteiger partial charge >= 0.3 is 0 Å². The number of rotatable bonds is 8. The molecule has 0 saturated carbocycles. The molecule has 1 aromatic heterocycles. The first-order valence-electron chi connectivity index (χ1n) is 9.79. The van der Waals surface area contributed by atoms with Gasteiger partial charge in [-0.05, 0) is 50.7 Å². The van der Waals surface area contributed by atoms with E-state index in [1.165, 1.54) is 11.3 Å². The third kappa shape index (κ3) is 5.12. The Labute approximate surface area is 176 Å². The molecule has 0 spiro atoms. The number of aryl methyl sites for hydroxylation is 2. The summed E-state index contributed by atoms with van der Waals surface area (Å²) < 4.78 is 2.17. The number of hydrogen-bond donors (Lipinski definition) is 2. The van der Waals surface area contributed by atoms with Gasteiger partial charge in [-0.1, -0.05) is 42.0 Å². The van der Waals surface area contributed by atoms with Crippen molar-refractivity contribution in [2.75, 3.05) is 24.5 Å². The highest BCUT2D eigenvalue weighted by molar-refractivity contribution is 7.71. The lowest BCUT2D eigenvalue weighted by Gasteiger charge is -2.25. The SMILES string of the molecule is CCN(CCNC(=O)Cn1c(-c2cccc(C)c2)n[nH]c1=S)c1ccccc1C. The van der Waals surface area contributed by atoms with Crippen LogP contribution in [0.2, 0.25) is 0 Å². The fraction of sp³-hybridized carbons (Fsp3) is 0.318. The van der Waals surface area contributed by atoms with E-state index < -0.39 is 0 Å². The molecule has 3 aromatic rings. The van der Waals surface area contributed by atoms with Crippen LogP contribution >= 0.6 is 12.2 Å². The average Bonchev–Trinajstić information content (AvgIpc) is 3.06. The number of anilines is 1. The summed E-state index contributed by atoms with van der Waals surface area (Å²) in [4.78, 5) is 14.8. The summed E-state index contributed by atoms with van der Waals surface area (Å²) in [6, 6.07) is 16.3. The van der Waals surface area contributed by atoms with E-state index in [-0.39, 0.29) is 12.5 Å². The van der Waals surface area contributed by atoms with Crippen molar-refractivity contribution in [3.63, 3.8) is 0 Å². The van der Waals surface area contributed by atoms with Gasteiger partial charge in [0.15, 0.2) is 10.6 Å². The summed E-state index contributed by atoms with van der Waals surface area (Å²) >= 11 is 5.33. The molecule has 0 radical (unpaired) electrons. The Morgan fingerprint density at radius 1 is 1.21 bits per heavy atom. The molecule has 0 atom stereocenters. The largest absolute Gasteiger partial charge is 0.370 e. The molecule has 0 bridgehead atoms. The van der Waals surface area contributed by atoms with Gasteiger partial charge in [0.25, 0.3) is 0 Å². The maximum Gasteiger partial charge on any atom is 0.240 e. The molecule has 7 heteroatoms.